The van der Waals surface area contributed by atoms with Gasteiger partial charge in [-0.15, -0.1) is 0 Å². The number of anilines is 1. The summed E-state index contributed by atoms with van der Waals surface area (Å²) >= 11 is 0. The molecule has 192 valence electrons. The van der Waals surface area contributed by atoms with Crippen LogP contribution >= 0.6 is 0 Å². The molecular weight excluding hydrogens is 450 g/mol. The van der Waals surface area contributed by atoms with E-state index >= 15 is 0 Å². The van der Waals surface area contributed by atoms with Crippen molar-refractivity contribution in [2.24, 2.45) is 11.8 Å². The van der Waals surface area contributed by atoms with Gasteiger partial charge in [-0.05, 0) is 69.7 Å². The monoisotopic (exact) mass is 489 g/mol. The second kappa shape index (κ2) is 10.8. The summed E-state index contributed by atoms with van der Waals surface area (Å²) in [5.41, 5.74) is 2.05. The molecule has 1 aliphatic carbocycles. The molecule has 3 aromatic rings. The van der Waals surface area contributed by atoms with Gasteiger partial charge in [0.05, 0.1) is 12.0 Å². The van der Waals surface area contributed by atoms with Crippen LogP contribution in [-0.2, 0) is 6.42 Å². The van der Waals surface area contributed by atoms with Crippen molar-refractivity contribution in [1.29, 1.82) is 0 Å². The molecule has 4 atom stereocenters. The number of pyridine rings is 1. The second-order valence-electron chi connectivity index (χ2n) is 11.0. The first-order valence-electron chi connectivity index (χ1n) is 13.8. The number of nitrogens with one attached hydrogen (secondary N) is 1. The van der Waals surface area contributed by atoms with E-state index in [1.807, 2.05) is 18.2 Å². The van der Waals surface area contributed by atoms with Gasteiger partial charge in [0.2, 0.25) is 5.88 Å². The lowest BCUT2D eigenvalue weighted by atomic mass is 9.83. The molecule has 36 heavy (non-hydrogen) atoms. The van der Waals surface area contributed by atoms with Crippen molar-refractivity contribution in [2.75, 3.05) is 44.7 Å². The number of piperazine rings is 1. The fourth-order valence-electron chi connectivity index (χ4n) is 6.58. The van der Waals surface area contributed by atoms with Crippen LogP contribution < -0.4 is 15.0 Å². The molecule has 6 rings (SSSR count). The van der Waals surface area contributed by atoms with Gasteiger partial charge in [-0.3, -0.25) is 4.90 Å². The molecule has 0 radical (unpaired) electrons. The van der Waals surface area contributed by atoms with Gasteiger partial charge in [0.1, 0.15) is 0 Å². The zero-order chi connectivity index (χ0) is 24.3. The van der Waals surface area contributed by atoms with Gasteiger partial charge < -0.3 is 19.5 Å². The number of ether oxygens (including phenoxy) is 1. The fourth-order valence-corrected chi connectivity index (χ4v) is 6.58. The van der Waals surface area contributed by atoms with Crippen molar-refractivity contribution < 1.29 is 9.26 Å². The second-order valence-corrected chi connectivity index (χ2v) is 11.0. The summed E-state index contributed by atoms with van der Waals surface area (Å²) < 4.78 is 11.8. The van der Waals surface area contributed by atoms with E-state index in [0.717, 1.165) is 67.8 Å². The summed E-state index contributed by atoms with van der Waals surface area (Å²) in [5.74, 6) is 3.07. The topological polar surface area (TPSA) is 66.7 Å². The lowest BCUT2D eigenvalue weighted by Gasteiger charge is -2.46. The van der Waals surface area contributed by atoms with Crippen LogP contribution in [0.4, 0.5) is 5.82 Å². The molecule has 1 aromatic carbocycles. The lowest BCUT2D eigenvalue weighted by molar-refractivity contribution is 0.0716. The Labute approximate surface area is 214 Å². The maximum absolute atomic E-state index is 6.24. The molecule has 7 heteroatoms. The molecule has 3 fully saturated rings. The van der Waals surface area contributed by atoms with Gasteiger partial charge in [-0.2, -0.15) is 0 Å². The Bertz CT molecular complexity index is 1150. The largest absolute Gasteiger partial charge is 0.477 e. The Morgan fingerprint density at radius 2 is 1.94 bits per heavy atom. The van der Waals surface area contributed by atoms with Gasteiger partial charge in [-0.25, -0.2) is 4.98 Å². The first kappa shape index (κ1) is 23.7. The molecule has 1 N–H and O–H groups in total. The summed E-state index contributed by atoms with van der Waals surface area (Å²) in [4.78, 5) is 9.93. The predicted octanol–water partition coefficient (Wildman–Crippen LogP) is 4.52. The highest BCUT2D eigenvalue weighted by molar-refractivity contribution is 5.88. The molecule has 2 aliphatic heterocycles. The van der Waals surface area contributed by atoms with Crippen LogP contribution in [0, 0.1) is 11.8 Å². The Hall–Kier alpha value is -2.64. The van der Waals surface area contributed by atoms with E-state index in [4.69, 9.17) is 14.2 Å². The molecule has 7 nitrogen and oxygen atoms in total. The summed E-state index contributed by atoms with van der Waals surface area (Å²) in [7, 11) is 2.09. The first-order valence-corrected chi connectivity index (χ1v) is 13.8. The highest BCUT2D eigenvalue weighted by Crippen LogP contribution is 2.32. The molecule has 2 aromatic heterocycles. The quantitative estimate of drug-likeness (QED) is 0.523. The number of piperidine rings is 1. The molecule has 4 heterocycles. The Morgan fingerprint density at radius 3 is 2.89 bits per heavy atom. The van der Waals surface area contributed by atoms with Crippen molar-refractivity contribution >= 4 is 16.8 Å². The third-order valence-corrected chi connectivity index (χ3v) is 8.60. The van der Waals surface area contributed by atoms with Gasteiger partial charge in [0.15, 0.2) is 11.4 Å². The SMILES string of the molecule is CNC1CCCC(Cc2cccc(OCC3CCC4CN(c5noc6ccccc56)CCN4C3)n2)C1. The normalized spacial score (nSPS) is 27.2. The third-order valence-electron chi connectivity index (χ3n) is 8.60. The number of hydrogen-bond donors (Lipinski definition) is 1. The summed E-state index contributed by atoms with van der Waals surface area (Å²) in [6, 6.07) is 15.7. The van der Waals surface area contributed by atoms with Crippen LogP contribution in [0.25, 0.3) is 11.0 Å². The summed E-state index contributed by atoms with van der Waals surface area (Å²) in [6.45, 7) is 4.92. The van der Waals surface area contributed by atoms with Crippen LogP contribution in [0.1, 0.15) is 44.2 Å². The van der Waals surface area contributed by atoms with E-state index in [2.05, 4.69) is 51.6 Å². The van der Waals surface area contributed by atoms with Crippen molar-refractivity contribution in [2.45, 2.75) is 57.0 Å². The van der Waals surface area contributed by atoms with Gasteiger partial charge in [-0.1, -0.05) is 29.8 Å². The first-order chi connectivity index (χ1) is 17.7. The van der Waals surface area contributed by atoms with Crippen molar-refractivity contribution in [3.63, 3.8) is 0 Å². The number of nitrogens with zero attached hydrogens (tertiary/aromatic N) is 4. The Morgan fingerprint density at radius 1 is 1.00 bits per heavy atom. The minimum atomic E-state index is 0.556. The van der Waals surface area contributed by atoms with Gasteiger partial charge >= 0.3 is 0 Å². The molecule has 0 spiro atoms. The van der Waals surface area contributed by atoms with Crippen LogP contribution in [0.15, 0.2) is 47.0 Å². The Kier molecular flexibility index (Phi) is 7.10. The average Bonchev–Trinajstić information content (AvgIpc) is 3.36. The zero-order valence-electron chi connectivity index (χ0n) is 21.4. The molecule has 3 aliphatic rings. The fraction of sp³-hybridized carbons (Fsp3) is 0.586. The molecule has 0 amide bonds. The van der Waals surface area contributed by atoms with E-state index in [1.165, 1.54) is 44.2 Å². The molecule has 4 unspecified atom stereocenters. The third kappa shape index (κ3) is 5.23. The zero-order valence-corrected chi connectivity index (χ0v) is 21.4. The van der Waals surface area contributed by atoms with Gasteiger partial charge in [0, 0.05) is 55.9 Å². The minimum Gasteiger partial charge on any atom is -0.477 e. The van der Waals surface area contributed by atoms with Crippen LogP contribution in [0.3, 0.4) is 0 Å². The standard InChI is InChI=1S/C29H39N5O2/c1-30-23-7-4-6-21(16-23)17-24-8-5-11-28(31-24)35-20-22-12-13-25-19-34(15-14-33(25)18-22)29-26-9-2-3-10-27(26)36-32-29/h2-3,5,8-11,21-23,25,30H,4,6-7,12-20H2,1H3. The van der Waals surface area contributed by atoms with E-state index < -0.39 is 0 Å². The van der Waals surface area contributed by atoms with E-state index in [1.54, 1.807) is 0 Å². The molecule has 1 saturated carbocycles. The highest BCUT2D eigenvalue weighted by Gasteiger charge is 2.34. The lowest BCUT2D eigenvalue weighted by Crippen LogP contribution is -2.57. The summed E-state index contributed by atoms with van der Waals surface area (Å²) in [6.07, 6.45) is 8.65. The molecule has 2 saturated heterocycles. The van der Waals surface area contributed by atoms with Crippen LogP contribution in [0.5, 0.6) is 5.88 Å². The maximum Gasteiger partial charge on any atom is 0.213 e. The maximum atomic E-state index is 6.24. The average molecular weight is 490 g/mol. The number of benzene rings is 1. The van der Waals surface area contributed by atoms with E-state index in [0.29, 0.717) is 18.0 Å². The van der Waals surface area contributed by atoms with Crippen molar-refractivity contribution in [1.82, 2.24) is 20.4 Å². The van der Waals surface area contributed by atoms with Gasteiger partial charge in [0.25, 0.3) is 0 Å². The van der Waals surface area contributed by atoms with Crippen LogP contribution in [0.2, 0.25) is 0 Å². The number of fused-ring (bicyclic) bond motifs is 2. The van der Waals surface area contributed by atoms with E-state index in [-0.39, 0.29) is 0 Å². The molecule has 0 bridgehead atoms. The minimum absolute atomic E-state index is 0.556. The smallest absolute Gasteiger partial charge is 0.213 e. The number of hydrogen-bond acceptors (Lipinski definition) is 7. The number of para-hydroxylation sites is 1. The predicted molar refractivity (Wildman–Crippen MR) is 143 cm³/mol. The van der Waals surface area contributed by atoms with Crippen molar-refractivity contribution in [3.05, 3.63) is 48.2 Å². The van der Waals surface area contributed by atoms with Crippen molar-refractivity contribution in [3.8, 4) is 5.88 Å². The highest BCUT2D eigenvalue weighted by atomic mass is 16.5. The Balaban J connectivity index is 1.000. The number of rotatable bonds is 7. The molecular formula is C29H39N5O2. The van der Waals surface area contributed by atoms with Crippen LogP contribution in [-0.4, -0.2) is 67.0 Å². The summed E-state index contributed by atoms with van der Waals surface area (Å²) in [5, 5.41) is 8.97. The van der Waals surface area contributed by atoms with E-state index in [9.17, 15) is 0 Å². The number of aromatic nitrogens is 2.